The molecular formula is C22H22FN5O4. The fourth-order valence-corrected chi connectivity index (χ4v) is 2.83. The summed E-state index contributed by atoms with van der Waals surface area (Å²) in [5.41, 5.74) is 11.9. The van der Waals surface area contributed by atoms with E-state index in [1.807, 2.05) is 0 Å². The van der Waals surface area contributed by atoms with Gasteiger partial charge in [0.05, 0.1) is 6.61 Å². The number of rotatable bonds is 9. The Hall–Kier alpha value is -4.05. The molecule has 0 spiro atoms. The molecule has 3 rings (SSSR count). The average molecular weight is 439 g/mol. The zero-order valence-corrected chi connectivity index (χ0v) is 17.5. The highest BCUT2D eigenvalue weighted by molar-refractivity contribution is 5.92. The molecule has 0 aliphatic rings. The number of carbonyl (C=O) groups excluding carboxylic acids is 2. The van der Waals surface area contributed by atoms with Crippen molar-refractivity contribution in [2.45, 2.75) is 19.6 Å². The van der Waals surface area contributed by atoms with E-state index < -0.39 is 17.9 Å². The predicted octanol–water partition coefficient (Wildman–Crippen LogP) is 2.61. The first-order valence-corrected chi connectivity index (χ1v) is 9.57. The Morgan fingerprint density at radius 3 is 2.38 bits per heavy atom. The van der Waals surface area contributed by atoms with Crippen molar-refractivity contribution in [3.8, 4) is 22.9 Å². The van der Waals surface area contributed by atoms with E-state index in [1.165, 1.54) is 37.4 Å². The SMILES string of the molecule is COCc1cc(Oc2ccc(F)cc2)ccc1-c1nc(N[C@@H](C)C(N)=O)cc(C(N)=O)n1. The lowest BCUT2D eigenvalue weighted by Crippen LogP contribution is -2.33. The Bertz CT molecular complexity index is 1140. The molecule has 32 heavy (non-hydrogen) atoms. The molecule has 2 amide bonds. The van der Waals surface area contributed by atoms with Gasteiger partial charge in [-0.15, -0.1) is 0 Å². The minimum Gasteiger partial charge on any atom is -0.457 e. The second kappa shape index (κ2) is 9.84. The number of hydrogen-bond acceptors (Lipinski definition) is 7. The van der Waals surface area contributed by atoms with Crippen LogP contribution >= 0.6 is 0 Å². The summed E-state index contributed by atoms with van der Waals surface area (Å²) in [6, 6.07) is 11.3. The number of nitrogens with one attached hydrogen (secondary N) is 1. The van der Waals surface area contributed by atoms with Gasteiger partial charge in [-0.1, -0.05) is 0 Å². The third kappa shape index (κ3) is 5.55. The molecule has 0 aliphatic carbocycles. The Balaban J connectivity index is 2.01. The number of hydrogen-bond donors (Lipinski definition) is 3. The molecule has 166 valence electrons. The van der Waals surface area contributed by atoms with Gasteiger partial charge in [0.15, 0.2) is 5.82 Å². The number of anilines is 1. The van der Waals surface area contributed by atoms with Gasteiger partial charge in [0, 0.05) is 18.7 Å². The molecule has 3 aromatic rings. The number of nitrogens with two attached hydrogens (primary N) is 2. The molecule has 0 saturated carbocycles. The number of aromatic nitrogens is 2. The maximum Gasteiger partial charge on any atom is 0.267 e. The Morgan fingerprint density at radius 2 is 1.75 bits per heavy atom. The molecule has 0 fully saturated rings. The topological polar surface area (TPSA) is 142 Å². The van der Waals surface area contributed by atoms with Crippen LogP contribution in [0.2, 0.25) is 0 Å². The number of carbonyl (C=O) groups is 2. The third-order valence-corrected chi connectivity index (χ3v) is 4.44. The van der Waals surface area contributed by atoms with Crippen molar-refractivity contribution in [2.24, 2.45) is 11.5 Å². The largest absolute Gasteiger partial charge is 0.457 e. The van der Waals surface area contributed by atoms with Gasteiger partial charge in [-0.3, -0.25) is 9.59 Å². The summed E-state index contributed by atoms with van der Waals surface area (Å²) < 4.78 is 24.2. The smallest absolute Gasteiger partial charge is 0.267 e. The molecule has 0 aliphatic heterocycles. The Morgan fingerprint density at radius 1 is 1.06 bits per heavy atom. The molecule has 9 nitrogen and oxygen atoms in total. The number of benzene rings is 2. The lowest BCUT2D eigenvalue weighted by atomic mass is 10.1. The van der Waals surface area contributed by atoms with E-state index in [4.69, 9.17) is 20.9 Å². The Labute approximate surface area is 183 Å². The van der Waals surface area contributed by atoms with Gasteiger partial charge in [0.1, 0.15) is 34.9 Å². The van der Waals surface area contributed by atoms with Crippen molar-refractivity contribution in [2.75, 3.05) is 12.4 Å². The van der Waals surface area contributed by atoms with Gasteiger partial charge in [-0.25, -0.2) is 14.4 Å². The summed E-state index contributed by atoms with van der Waals surface area (Å²) >= 11 is 0. The first kappa shape index (κ1) is 22.6. The molecule has 0 saturated heterocycles. The van der Waals surface area contributed by atoms with Crippen molar-refractivity contribution in [1.29, 1.82) is 0 Å². The first-order chi connectivity index (χ1) is 15.3. The van der Waals surface area contributed by atoms with E-state index >= 15 is 0 Å². The maximum atomic E-state index is 13.1. The van der Waals surface area contributed by atoms with Crippen molar-refractivity contribution in [3.63, 3.8) is 0 Å². The predicted molar refractivity (Wildman–Crippen MR) is 115 cm³/mol. The molecule has 10 heteroatoms. The van der Waals surface area contributed by atoms with Crippen LogP contribution in [-0.4, -0.2) is 34.9 Å². The van der Waals surface area contributed by atoms with Crippen LogP contribution < -0.4 is 21.5 Å². The van der Waals surface area contributed by atoms with Crippen LogP contribution in [-0.2, 0) is 16.1 Å². The van der Waals surface area contributed by atoms with Gasteiger partial charge in [0.25, 0.3) is 5.91 Å². The lowest BCUT2D eigenvalue weighted by Gasteiger charge is -2.15. The van der Waals surface area contributed by atoms with E-state index in [9.17, 15) is 14.0 Å². The summed E-state index contributed by atoms with van der Waals surface area (Å²) in [5, 5.41) is 2.83. The monoisotopic (exact) mass is 439 g/mol. The van der Waals surface area contributed by atoms with Crippen LogP contribution in [0, 0.1) is 5.82 Å². The maximum absolute atomic E-state index is 13.1. The minimum absolute atomic E-state index is 0.0378. The molecule has 5 N–H and O–H groups in total. The number of halogens is 1. The average Bonchev–Trinajstić information content (AvgIpc) is 2.75. The summed E-state index contributed by atoms with van der Waals surface area (Å²) in [6.45, 7) is 1.76. The molecule has 1 heterocycles. The highest BCUT2D eigenvalue weighted by Gasteiger charge is 2.17. The van der Waals surface area contributed by atoms with Gasteiger partial charge in [0.2, 0.25) is 5.91 Å². The van der Waals surface area contributed by atoms with Crippen LogP contribution in [0.1, 0.15) is 23.0 Å². The van der Waals surface area contributed by atoms with Crippen molar-refractivity contribution in [3.05, 3.63) is 65.6 Å². The molecule has 0 unspecified atom stereocenters. The Kier molecular flexibility index (Phi) is 6.96. The molecule has 0 radical (unpaired) electrons. The molecule has 2 aromatic carbocycles. The van der Waals surface area contributed by atoms with Crippen LogP contribution in [0.4, 0.5) is 10.2 Å². The molecule has 0 bridgehead atoms. The van der Waals surface area contributed by atoms with Crippen molar-refractivity contribution < 1.29 is 23.5 Å². The van der Waals surface area contributed by atoms with Crippen LogP contribution in [0.25, 0.3) is 11.4 Å². The van der Waals surface area contributed by atoms with Crippen molar-refractivity contribution >= 4 is 17.6 Å². The summed E-state index contributed by atoms with van der Waals surface area (Å²) in [5.74, 6) is -0.359. The summed E-state index contributed by atoms with van der Waals surface area (Å²) in [6.07, 6.45) is 0. The summed E-state index contributed by atoms with van der Waals surface area (Å²) in [7, 11) is 1.53. The zero-order valence-electron chi connectivity index (χ0n) is 17.5. The molecule has 1 aromatic heterocycles. The van der Waals surface area contributed by atoms with E-state index in [-0.39, 0.29) is 29.8 Å². The standard InChI is InChI=1S/C22H22FN5O4/c1-12(20(24)29)26-19-10-18(21(25)30)27-22(28-19)17-8-7-16(9-13(17)11-31-2)32-15-5-3-14(23)4-6-15/h3-10,12H,11H2,1-2H3,(H2,24,29)(H2,25,30)(H,26,27,28)/t12-/m0/s1. The third-order valence-electron chi connectivity index (χ3n) is 4.44. The van der Waals surface area contributed by atoms with Crippen LogP contribution in [0.5, 0.6) is 11.5 Å². The quantitative estimate of drug-likeness (QED) is 0.465. The van der Waals surface area contributed by atoms with Gasteiger partial charge < -0.3 is 26.3 Å². The molecular weight excluding hydrogens is 417 g/mol. The second-order valence-electron chi connectivity index (χ2n) is 6.90. The fourth-order valence-electron chi connectivity index (χ4n) is 2.83. The van der Waals surface area contributed by atoms with Gasteiger partial charge in [-0.05, 0) is 55.0 Å². The van der Waals surface area contributed by atoms with E-state index in [0.717, 1.165) is 0 Å². The number of methoxy groups -OCH3 is 1. The minimum atomic E-state index is -0.756. The number of primary amides is 2. The highest BCUT2D eigenvalue weighted by Crippen LogP contribution is 2.30. The number of amides is 2. The van der Waals surface area contributed by atoms with E-state index in [1.54, 1.807) is 25.1 Å². The van der Waals surface area contributed by atoms with E-state index in [0.29, 0.717) is 22.6 Å². The lowest BCUT2D eigenvalue weighted by molar-refractivity contribution is -0.118. The fraction of sp³-hybridized carbons (Fsp3) is 0.182. The number of ether oxygens (including phenoxy) is 2. The van der Waals surface area contributed by atoms with Crippen molar-refractivity contribution in [1.82, 2.24) is 9.97 Å². The second-order valence-corrected chi connectivity index (χ2v) is 6.90. The first-order valence-electron chi connectivity index (χ1n) is 9.57. The summed E-state index contributed by atoms with van der Waals surface area (Å²) in [4.78, 5) is 31.8. The number of nitrogens with zero attached hydrogens (tertiary/aromatic N) is 2. The van der Waals surface area contributed by atoms with E-state index in [2.05, 4.69) is 15.3 Å². The van der Waals surface area contributed by atoms with Gasteiger partial charge in [-0.2, -0.15) is 0 Å². The van der Waals surface area contributed by atoms with Crippen LogP contribution in [0.15, 0.2) is 48.5 Å². The zero-order chi connectivity index (χ0) is 23.3. The van der Waals surface area contributed by atoms with Crippen LogP contribution in [0.3, 0.4) is 0 Å². The molecule has 1 atom stereocenters. The van der Waals surface area contributed by atoms with Gasteiger partial charge >= 0.3 is 0 Å². The normalized spacial score (nSPS) is 11.6. The highest BCUT2D eigenvalue weighted by atomic mass is 19.1.